The Balaban J connectivity index is 2.58. The highest BCUT2D eigenvalue weighted by Gasteiger charge is 2.42. The fourth-order valence-corrected chi connectivity index (χ4v) is 13.8. The summed E-state index contributed by atoms with van der Waals surface area (Å²) in [5, 5.41) is 108. The van der Waals surface area contributed by atoms with Gasteiger partial charge in [-0.05, 0) is 107 Å². The van der Waals surface area contributed by atoms with Crippen molar-refractivity contribution in [3.05, 3.63) is 54.1 Å². The monoisotopic (exact) mass is 2020 g/mol. The van der Waals surface area contributed by atoms with Crippen molar-refractivity contribution in [3.63, 3.8) is 0 Å². The van der Waals surface area contributed by atoms with Crippen molar-refractivity contribution >= 4 is 155 Å². The van der Waals surface area contributed by atoms with E-state index in [0.29, 0.717) is 12.8 Å². The van der Waals surface area contributed by atoms with Gasteiger partial charge in [-0.1, -0.05) is 92.1 Å². The van der Waals surface area contributed by atoms with Crippen LogP contribution in [-0.2, 0) is 123 Å². The summed E-state index contributed by atoms with van der Waals surface area (Å²) in [5.41, 5.74) is 28.1. The minimum absolute atomic E-state index is 0.0124. The SMILES string of the molecule is CC[C@H](C)[C@H](NC(=O)[C@H](CC(=O)O)NC(=O)[C@H](CC(=O)O)NC(=O)[C@H](C)NC(=O)[C@H](Cc1ccccc1)NC(=O)[C@H](CC(=O)O)NC(=O)[C@H](CC(=O)O)NC(=O)[C@H](Cc1cnc[nH]1)NC(=O)[C@H](CCC(N)=O)NC(=O)[C@H](CCC(N)=O)NC(=O)[C@H](CCCNC(=N)N)NC(=O)[C@H](CC(C)C)NC(=O)[C@@H](N)CS)C(=O)N[C@@H](CO)C(=O)N[C@@H](CC(C)C)C(=O)N[C@@H](CC(C)C)C(=O)N[C@@H](CCCCN)C(=O)O. The molecule has 1 aromatic carbocycles. The van der Waals surface area contributed by atoms with E-state index in [1.165, 1.54) is 31.2 Å². The first kappa shape index (κ1) is 123. The van der Waals surface area contributed by atoms with Crippen molar-refractivity contribution in [3.8, 4) is 0 Å². The number of carboxylic acid groups (broad SMARTS) is 5. The lowest BCUT2D eigenvalue weighted by molar-refractivity contribution is -0.144. The molecular weight excluding hydrogens is 1880 g/mol. The zero-order valence-electron chi connectivity index (χ0n) is 79.8. The van der Waals surface area contributed by atoms with Crippen LogP contribution in [0, 0.1) is 29.1 Å². The zero-order valence-corrected chi connectivity index (χ0v) is 80.7. The van der Waals surface area contributed by atoms with E-state index in [9.17, 15) is 141 Å². The fraction of sp³-hybridized carbons (Fsp3) is 0.616. The van der Waals surface area contributed by atoms with Gasteiger partial charge in [0.05, 0.1) is 44.7 Å². The van der Waals surface area contributed by atoms with Crippen LogP contribution in [0.1, 0.15) is 183 Å². The topological polar surface area (TPSA) is 901 Å². The number of aliphatic carboxylic acids is 5. The standard InChI is InChI=1S/C86H137N25O29S/c1-10-43(8)68(84(138)110-61(37-112)83(137)104-54(29-42(6)7)77(131)103-53(28-41(4)5)76(130)100-51(85(139)140)19-14-15-25-87)111-82(136)60(35-67(121)122)109-79(133)57(32-64(115)116)101-69(123)44(9)96-74(128)55(30-45-17-12-11-13-18-45)105-80(134)58(33-65(117)118)108-81(135)59(34-66(119)120)107-78(132)56(31-46-36-93-39-95-46)106-73(127)50(22-24-63(90)114)99-72(126)49(21-23-62(89)113)98-71(125)48(20-16-26-94-86(91)92)97-75(129)52(27-40(2)3)102-70(124)47(88)38-141/h11-13,17-18,36,39-44,47-61,68,112,141H,10,14-16,19-35,37-38,87-88H2,1-9H3,(H2,89,113)(H2,90,114)(H,93,95)(H,96,128)(H,97,129)(H,98,125)(H,99,126)(H,100,130)(H,101,123)(H,102,124)(H,103,131)(H,104,137)(H,105,134)(H,106,127)(H,107,132)(H,108,135)(H,109,133)(H,110,138)(H,111,136)(H,115,116)(H,117,118)(H,119,120)(H,121,122)(H,139,140)(H4,91,92,94)/t43-,44-,47-,48-,49-,50-,51-,52-,53-,54-,55-,56-,57-,58-,59-,60-,61-,68-/m0/s1. The number of hydrogen-bond acceptors (Lipinski definition) is 29. The number of benzene rings is 1. The van der Waals surface area contributed by atoms with Crippen molar-refractivity contribution in [2.24, 2.45) is 52.3 Å². The minimum atomic E-state index is -2.33. The number of aliphatic hydroxyl groups excluding tert-OH is 1. The smallest absolute Gasteiger partial charge is 0.326 e. The highest BCUT2D eigenvalue weighted by atomic mass is 32.1. The number of aliphatic hydroxyl groups is 1. The summed E-state index contributed by atoms with van der Waals surface area (Å²) in [6, 6.07) is -23.0. The number of nitrogens with two attached hydrogens (primary N) is 5. The third-order valence-corrected chi connectivity index (χ3v) is 21.7. The number of carboxylic acids is 5. The second kappa shape index (κ2) is 63.3. The number of unbranched alkanes of at least 4 members (excludes halogenated alkanes) is 1. The van der Waals surface area contributed by atoms with Gasteiger partial charge in [-0.2, -0.15) is 12.6 Å². The van der Waals surface area contributed by atoms with Gasteiger partial charge in [-0.25, -0.2) is 9.78 Å². The molecule has 141 heavy (non-hydrogen) atoms. The molecule has 18 atom stereocenters. The molecule has 2 aromatic rings. The maximum absolute atomic E-state index is 14.6. The predicted octanol–water partition coefficient (Wildman–Crippen LogP) is -8.69. The Hall–Kier alpha value is -14.3. The minimum Gasteiger partial charge on any atom is -0.481 e. The van der Waals surface area contributed by atoms with Crippen molar-refractivity contribution in [1.82, 2.24) is 100 Å². The molecule has 0 spiro atoms. The maximum atomic E-state index is 14.6. The number of imidazole rings is 1. The average molecular weight is 2020 g/mol. The average Bonchev–Trinajstić information content (AvgIpc) is 1.42. The summed E-state index contributed by atoms with van der Waals surface area (Å²) in [4.78, 5) is 320. The van der Waals surface area contributed by atoms with Gasteiger partial charge < -0.3 is 155 Å². The zero-order chi connectivity index (χ0) is 107. The number of aromatic amines is 1. The van der Waals surface area contributed by atoms with Gasteiger partial charge in [0.2, 0.25) is 106 Å². The number of amides is 18. The van der Waals surface area contributed by atoms with Crippen LogP contribution in [0.3, 0.4) is 0 Å². The van der Waals surface area contributed by atoms with Gasteiger partial charge in [0, 0.05) is 49.9 Å². The fourth-order valence-electron chi connectivity index (χ4n) is 13.6. The second-order valence-electron chi connectivity index (χ2n) is 34.8. The highest BCUT2D eigenvalue weighted by molar-refractivity contribution is 7.80. The molecule has 2 rings (SSSR count). The molecule has 0 unspecified atom stereocenters. The summed E-state index contributed by atoms with van der Waals surface area (Å²) in [5.74, 6) is -32.5. The first-order valence-electron chi connectivity index (χ1n) is 45.4. The molecule has 0 aliphatic heterocycles. The number of carbonyl (C=O) groups is 23. The van der Waals surface area contributed by atoms with Crippen LogP contribution in [0.15, 0.2) is 42.9 Å². The summed E-state index contributed by atoms with van der Waals surface area (Å²) in [7, 11) is 0. The lowest BCUT2D eigenvalue weighted by Crippen LogP contribution is -2.62. The highest BCUT2D eigenvalue weighted by Crippen LogP contribution is 2.18. The first-order valence-corrected chi connectivity index (χ1v) is 46.1. The van der Waals surface area contributed by atoms with Crippen LogP contribution in [0.4, 0.5) is 0 Å². The Morgan fingerprint density at radius 1 is 0.397 bits per heavy atom. The van der Waals surface area contributed by atoms with Crippen LogP contribution in [0.25, 0.3) is 0 Å². The molecule has 786 valence electrons. The Kier molecular flexibility index (Phi) is 55.2. The summed E-state index contributed by atoms with van der Waals surface area (Å²) in [6.07, 6.45) is -6.18. The Labute approximate surface area is 816 Å². The van der Waals surface area contributed by atoms with Gasteiger partial charge in [0.15, 0.2) is 5.96 Å². The quantitative estimate of drug-likeness (QED) is 0.0127. The predicted molar refractivity (Wildman–Crippen MR) is 501 cm³/mol. The van der Waals surface area contributed by atoms with E-state index in [1.54, 1.807) is 54.5 Å². The molecule has 0 aliphatic carbocycles. The van der Waals surface area contributed by atoms with Gasteiger partial charge in [-0.15, -0.1) is 0 Å². The molecule has 55 heteroatoms. The lowest BCUT2D eigenvalue weighted by Gasteiger charge is -2.29. The number of aromatic nitrogens is 2. The molecule has 1 aromatic heterocycles. The van der Waals surface area contributed by atoms with Crippen LogP contribution in [-0.4, -0.2) is 311 Å². The van der Waals surface area contributed by atoms with Gasteiger partial charge in [0.1, 0.15) is 96.7 Å². The number of primary amides is 2. The van der Waals surface area contributed by atoms with Gasteiger partial charge >= 0.3 is 29.8 Å². The van der Waals surface area contributed by atoms with Crippen LogP contribution in [0.5, 0.6) is 0 Å². The van der Waals surface area contributed by atoms with Gasteiger partial charge in [0.25, 0.3) is 0 Å². The van der Waals surface area contributed by atoms with E-state index in [1.807, 2.05) is 10.6 Å². The first-order chi connectivity index (χ1) is 66.1. The molecule has 0 bridgehead atoms. The summed E-state index contributed by atoms with van der Waals surface area (Å²) < 4.78 is 0. The molecule has 0 saturated heterocycles. The van der Waals surface area contributed by atoms with E-state index < -0.39 is 322 Å². The lowest BCUT2D eigenvalue weighted by atomic mass is 9.97. The van der Waals surface area contributed by atoms with E-state index in [0.717, 1.165) is 19.4 Å². The number of nitrogens with one attached hydrogen (secondary N) is 19. The number of rotatable bonds is 69. The normalized spacial score (nSPS) is 15.0. The molecule has 18 amide bonds. The summed E-state index contributed by atoms with van der Waals surface area (Å²) in [6.45, 7) is 13.3. The molecular formula is C86H137N25O29S. The molecule has 0 saturated carbocycles. The number of guanidine groups is 1. The Morgan fingerprint density at radius 2 is 0.730 bits per heavy atom. The van der Waals surface area contributed by atoms with Crippen molar-refractivity contribution in [2.75, 3.05) is 25.4 Å². The van der Waals surface area contributed by atoms with Crippen molar-refractivity contribution in [2.45, 2.75) is 287 Å². The van der Waals surface area contributed by atoms with Gasteiger partial charge in [-0.3, -0.25) is 111 Å². The van der Waals surface area contributed by atoms with Crippen molar-refractivity contribution in [1.29, 1.82) is 5.41 Å². The molecule has 0 fully saturated rings. The maximum Gasteiger partial charge on any atom is 0.326 e. The Bertz CT molecular complexity index is 4630. The molecule has 35 N–H and O–H groups in total. The number of hydrogen-bond donors (Lipinski definition) is 31. The van der Waals surface area contributed by atoms with E-state index in [-0.39, 0.29) is 92.8 Å². The molecule has 1 heterocycles. The van der Waals surface area contributed by atoms with E-state index in [4.69, 9.17) is 34.1 Å². The number of carbonyl (C=O) groups excluding carboxylic acids is 18. The van der Waals surface area contributed by atoms with Crippen LogP contribution in [0.2, 0.25) is 0 Å². The molecule has 0 radical (unpaired) electrons. The van der Waals surface area contributed by atoms with Crippen LogP contribution < -0.4 is 119 Å². The summed E-state index contributed by atoms with van der Waals surface area (Å²) >= 11 is 4.04. The Morgan fingerprint density at radius 3 is 1.10 bits per heavy atom. The van der Waals surface area contributed by atoms with E-state index >= 15 is 0 Å². The molecule has 54 nitrogen and oxygen atoms in total. The number of H-pyrrole nitrogens is 1. The second-order valence-corrected chi connectivity index (χ2v) is 35.2. The third-order valence-electron chi connectivity index (χ3n) is 21.3. The van der Waals surface area contributed by atoms with Crippen LogP contribution >= 0.6 is 12.6 Å². The number of nitrogens with zero attached hydrogens (tertiary/aromatic N) is 1. The van der Waals surface area contributed by atoms with Crippen molar-refractivity contribution < 1.29 is 141 Å². The molecule has 0 aliphatic rings. The number of thiol groups is 1. The third kappa shape index (κ3) is 47.8. The van der Waals surface area contributed by atoms with E-state index in [2.05, 4.69) is 102 Å². The largest absolute Gasteiger partial charge is 0.481 e.